The van der Waals surface area contributed by atoms with Gasteiger partial charge in [0.05, 0.1) is 12.6 Å². The van der Waals surface area contributed by atoms with Gasteiger partial charge in [0.2, 0.25) is 0 Å². The summed E-state index contributed by atoms with van der Waals surface area (Å²) in [5.41, 5.74) is 0. The van der Waals surface area contributed by atoms with E-state index < -0.39 is 0 Å². The van der Waals surface area contributed by atoms with Gasteiger partial charge >= 0.3 is 0 Å². The standard InChI is InChI=1S/C7H13NO/c1-5(2)8-4-7(9)6(8)3/h5-6H,4H2,1-3H3. The van der Waals surface area contributed by atoms with Crippen molar-refractivity contribution in [3.8, 4) is 0 Å². The van der Waals surface area contributed by atoms with Crippen LogP contribution in [-0.4, -0.2) is 29.3 Å². The quantitative estimate of drug-likeness (QED) is 0.516. The fourth-order valence-electron chi connectivity index (χ4n) is 1.15. The van der Waals surface area contributed by atoms with Gasteiger partial charge in [-0.2, -0.15) is 0 Å². The number of ketones is 1. The molecule has 1 aliphatic heterocycles. The minimum absolute atomic E-state index is 0.185. The molecule has 0 aromatic carbocycles. The molecule has 0 aromatic rings. The molecule has 2 heteroatoms. The number of carbonyl (C=O) groups is 1. The van der Waals surface area contributed by atoms with Crippen molar-refractivity contribution in [3.05, 3.63) is 0 Å². The third-order valence-electron chi connectivity index (χ3n) is 1.97. The number of nitrogens with zero attached hydrogens (tertiary/aromatic N) is 1. The molecule has 1 aliphatic rings. The van der Waals surface area contributed by atoms with Crippen molar-refractivity contribution in [3.63, 3.8) is 0 Å². The van der Waals surface area contributed by atoms with Crippen LogP contribution in [0.3, 0.4) is 0 Å². The average Bonchev–Trinajstić information content (AvgIpc) is 1.81. The lowest BCUT2D eigenvalue weighted by Crippen LogP contribution is -2.57. The fraction of sp³-hybridized carbons (Fsp3) is 0.857. The van der Waals surface area contributed by atoms with Gasteiger partial charge in [0.1, 0.15) is 0 Å². The predicted octanol–water partition coefficient (Wildman–Crippen LogP) is 0.668. The summed E-state index contributed by atoms with van der Waals surface area (Å²) < 4.78 is 0. The van der Waals surface area contributed by atoms with E-state index >= 15 is 0 Å². The smallest absolute Gasteiger partial charge is 0.163 e. The number of hydrogen-bond donors (Lipinski definition) is 0. The zero-order chi connectivity index (χ0) is 7.02. The molecule has 1 saturated heterocycles. The summed E-state index contributed by atoms with van der Waals surface area (Å²) in [4.78, 5) is 12.9. The molecule has 52 valence electrons. The van der Waals surface area contributed by atoms with E-state index in [0.29, 0.717) is 18.4 Å². The molecule has 2 nitrogen and oxygen atoms in total. The second-order valence-electron chi connectivity index (χ2n) is 2.91. The summed E-state index contributed by atoms with van der Waals surface area (Å²) in [6.07, 6.45) is 0. The van der Waals surface area contributed by atoms with Crippen LogP contribution in [0.5, 0.6) is 0 Å². The highest BCUT2D eigenvalue weighted by molar-refractivity contribution is 5.90. The van der Waals surface area contributed by atoms with E-state index in [-0.39, 0.29) is 6.04 Å². The molecule has 0 radical (unpaired) electrons. The molecule has 1 unspecified atom stereocenters. The maximum Gasteiger partial charge on any atom is 0.163 e. The molecule has 0 aliphatic carbocycles. The molecule has 1 rings (SSSR count). The maximum atomic E-state index is 10.7. The average molecular weight is 127 g/mol. The Kier molecular flexibility index (Phi) is 1.58. The largest absolute Gasteiger partial charge is 0.296 e. The number of Topliss-reactive ketones (excluding diaryl/α,β-unsaturated/α-hetero) is 1. The van der Waals surface area contributed by atoms with Crippen LogP contribution in [-0.2, 0) is 4.79 Å². The molecule has 1 fully saturated rings. The third kappa shape index (κ3) is 0.990. The first kappa shape index (κ1) is 6.75. The van der Waals surface area contributed by atoms with E-state index in [2.05, 4.69) is 18.7 Å². The zero-order valence-corrected chi connectivity index (χ0v) is 6.22. The summed E-state index contributed by atoms with van der Waals surface area (Å²) in [5.74, 6) is 0.378. The SMILES string of the molecule is CC(C)N1CC(=O)C1C. The van der Waals surface area contributed by atoms with Gasteiger partial charge in [-0.15, -0.1) is 0 Å². The van der Waals surface area contributed by atoms with Crippen LogP contribution >= 0.6 is 0 Å². The molecule has 0 N–H and O–H groups in total. The molecular weight excluding hydrogens is 114 g/mol. The number of rotatable bonds is 1. The van der Waals surface area contributed by atoms with E-state index in [9.17, 15) is 4.79 Å². The van der Waals surface area contributed by atoms with Gasteiger partial charge in [0.15, 0.2) is 5.78 Å². The van der Waals surface area contributed by atoms with Gasteiger partial charge in [-0.05, 0) is 20.8 Å². The molecule has 0 spiro atoms. The summed E-state index contributed by atoms with van der Waals surface area (Å²) in [6.45, 7) is 6.86. The molecule has 0 bridgehead atoms. The second-order valence-corrected chi connectivity index (χ2v) is 2.91. The van der Waals surface area contributed by atoms with Crippen LogP contribution in [0.4, 0.5) is 0 Å². The number of likely N-dealkylation sites (tertiary alicyclic amines) is 1. The first-order valence-electron chi connectivity index (χ1n) is 3.41. The van der Waals surface area contributed by atoms with E-state index in [0.717, 1.165) is 0 Å². The Bertz CT molecular complexity index is 131. The molecule has 0 amide bonds. The first-order valence-corrected chi connectivity index (χ1v) is 3.41. The Morgan fingerprint density at radius 1 is 1.67 bits per heavy atom. The van der Waals surface area contributed by atoms with Crippen LogP contribution in [0, 0.1) is 0 Å². The van der Waals surface area contributed by atoms with Crippen molar-refractivity contribution in [1.82, 2.24) is 4.90 Å². The Hall–Kier alpha value is -0.370. The van der Waals surface area contributed by atoms with Crippen LogP contribution in [0.1, 0.15) is 20.8 Å². The first-order chi connectivity index (χ1) is 4.13. The lowest BCUT2D eigenvalue weighted by atomic mass is 10.0. The highest BCUT2D eigenvalue weighted by Gasteiger charge is 2.34. The van der Waals surface area contributed by atoms with Crippen molar-refractivity contribution in [1.29, 1.82) is 0 Å². The minimum Gasteiger partial charge on any atom is -0.296 e. The Morgan fingerprint density at radius 3 is 2.33 bits per heavy atom. The summed E-state index contributed by atoms with van der Waals surface area (Å²) in [6, 6.07) is 0.711. The van der Waals surface area contributed by atoms with Crippen molar-refractivity contribution in [2.24, 2.45) is 0 Å². The van der Waals surface area contributed by atoms with Gasteiger partial charge < -0.3 is 0 Å². The van der Waals surface area contributed by atoms with Gasteiger partial charge in [-0.25, -0.2) is 0 Å². The van der Waals surface area contributed by atoms with E-state index in [1.54, 1.807) is 0 Å². The van der Waals surface area contributed by atoms with Crippen LogP contribution < -0.4 is 0 Å². The normalized spacial score (nSPS) is 28.9. The fourth-order valence-corrected chi connectivity index (χ4v) is 1.15. The third-order valence-corrected chi connectivity index (χ3v) is 1.97. The van der Waals surface area contributed by atoms with Crippen LogP contribution in [0.2, 0.25) is 0 Å². The van der Waals surface area contributed by atoms with Crippen LogP contribution in [0.15, 0.2) is 0 Å². The van der Waals surface area contributed by atoms with Gasteiger partial charge in [-0.3, -0.25) is 9.69 Å². The Morgan fingerprint density at radius 2 is 2.22 bits per heavy atom. The van der Waals surface area contributed by atoms with E-state index in [4.69, 9.17) is 0 Å². The molecule has 9 heavy (non-hydrogen) atoms. The molecular formula is C7H13NO. The van der Waals surface area contributed by atoms with E-state index in [1.165, 1.54) is 0 Å². The summed E-state index contributed by atoms with van der Waals surface area (Å²) in [5, 5.41) is 0. The molecule has 1 heterocycles. The molecule has 0 saturated carbocycles. The number of carbonyl (C=O) groups excluding carboxylic acids is 1. The van der Waals surface area contributed by atoms with E-state index in [1.807, 2.05) is 6.92 Å². The topological polar surface area (TPSA) is 20.3 Å². The zero-order valence-electron chi connectivity index (χ0n) is 6.22. The second kappa shape index (κ2) is 2.10. The summed E-state index contributed by atoms with van der Waals surface area (Å²) >= 11 is 0. The molecule has 1 atom stereocenters. The lowest BCUT2D eigenvalue weighted by Gasteiger charge is -2.39. The van der Waals surface area contributed by atoms with Crippen molar-refractivity contribution in [2.75, 3.05) is 6.54 Å². The van der Waals surface area contributed by atoms with Crippen molar-refractivity contribution < 1.29 is 4.79 Å². The highest BCUT2D eigenvalue weighted by atomic mass is 16.1. The van der Waals surface area contributed by atoms with Gasteiger partial charge in [-0.1, -0.05) is 0 Å². The number of hydrogen-bond acceptors (Lipinski definition) is 2. The Balaban J connectivity index is 2.42. The van der Waals surface area contributed by atoms with Crippen molar-refractivity contribution in [2.45, 2.75) is 32.9 Å². The summed E-state index contributed by atoms with van der Waals surface area (Å²) in [7, 11) is 0. The lowest BCUT2D eigenvalue weighted by molar-refractivity contribution is -0.137. The highest BCUT2D eigenvalue weighted by Crippen LogP contribution is 2.15. The monoisotopic (exact) mass is 127 g/mol. The molecule has 0 aromatic heterocycles. The van der Waals surface area contributed by atoms with Crippen LogP contribution in [0.25, 0.3) is 0 Å². The maximum absolute atomic E-state index is 10.7. The predicted molar refractivity (Wildman–Crippen MR) is 36.3 cm³/mol. The van der Waals surface area contributed by atoms with Crippen molar-refractivity contribution >= 4 is 5.78 Å². The van der Waals surface area contributed by atoms with Gasteiger partial charge in [0, 0.05) is 6.04 Å². The van der Waals surface area contributed by atoms with Gasteiger partial charge in [0.25, 0.3) is 0 Å². The minimum atomic E-state index is 0.185. The Labute approximate surface area is 55.8 Å².